The van der Waals surface area contributed by atoms with E-state index in [-0.39, 0.29) is 0 Å². The summed E-state index contributed by atoms with van der Waals surface area (Å²) in [4.78, 5) is 6.76. The van der Waals surface area contributed by atoms with Crippen molar-refractivity contribution in [2.75, 3.05) is 26.2 Å². The van der Waals surface area contributed by atoms with Gasteiger partial charge in [-0.3, -0.25) is 0 Å². The molecule has 16 heavy (non-hydrogen) atoms. The van der Waals surface area contributed by atoms with Gasteiger partial charge in [0.1, 0.15) is 0 Å². The average molecular weight is 222 g/mol. The van der Waals surface area contributed by atoms with Crippen LogP contribution in [0.3, 0.4) is 0 Å². The minimum atomic E-state index is 0.927. The molecule has 0 aromatic carbocycles. The molecule has 0 saturated carbocycles. The number of hydrogen-bond donors (Lipinski definition) is 1. The molecular formula is C12H22N4. The Morgan fingerprint density at radius 1 is 1.31 bits per heavy atom. The van der Waals surface area contributed by atoms with Gasteiger partial charge in [-0.2, -0.15) is 0 Å². The lowest BCUT2D eigenvalue weighted by Crippen LogP contribution is -2.25. The van der Waals surface area contributed by atoms with Crippen molar-refractivity contribution in [2.24, 2.45) is 0 Å². The zero-order chi connectivity index (χ0) is 11.2. The van der Waals surface area contributed by atoms with Gasteiger partial charge in [0.2, 0.25) is 0 Å². The van der Waals surface area contributed by atoms with E-state index in [2.05, 4.69) is 26.7 Å². The summed E-state index contributed by atoms with van der Waals surface area (Å²) < 4.78 is 2.26. The molecule has 1 fully saturated rings. The molecule has 1 saturated heterocycles. The van der Waals surface area contributed by atoms with Crippen LogP contribution in [-0.4, -0.2) is 40.6 Å². The maximum absolute atomic E-state index is 4.22. The van der Waals surface area contributed by atoms with E-state index in [9.17, 15) is 0 Å². The fraction of sp³-hybridized carbons (Fsp3) is 0.750. The molecule has 0 unspecified atom stereocenters. The molecular weight excluding hydrogens is 200 g/mol. The summed E-state index contributed by atoms with van der Waals surface area (Å²) in [5.74, 6) is 0. The van der Waals surface area contributed by atoms with Crippen LogP contribution >= 0.6 is 0 Å². The van der Waals surface area contributed by atoms with E-state index in [4.69, 9.17) is 0 Å². The number of nitrogens with zero attached hydrogens (tertiary/aromatic N) is 3. The van der Waals surface area contributed by atoms with Crippen LogP contribution in [0, 0.1) is 0 Å². The first-order valence-corrected chi connectivity index (χ1v) is 6.32. The number of hydrogen-bond acceptors (Lipinski definition) is 3. The second-order valence-electron chi connectivity index (χ2n) is 4.41. The van der Waals surface area contributed by atoms with Gasteiger partial charge in [0.05, 0.1) is 12.0 Å². The molecule has 90 valence electrons. The minimum Gasteiger partial charge on any atom is -0.332 e. The Morgan fingerprint density at radius 3 is 2.88 bits per heavy atom. The van der Waals surface area contributed by atoms with Gasteiger partial charge in [0, 0.05) is 25.8 Å². The zero-order valence-electron chi connectivity index (χ0n) is 10.2. The highest BCUT2D eigenvalue weighted by Gasteiger charge is 2.11. The highest BCUT2D eigenvalue weighted by Crippen LogP contribution is 2.07. The van der Waals surface area contributed by atoms with Gasteiger partial charge in [-0.15, -0.1) is 0 Å². The van der Waals surface area contributed by atoms with Crippen molar-refractivity contribution in [3.63, 3.8) is 0 Å². The van der Waals surface area contributed by atoms with Crippen LogP contribution in [-0.2, 0) is 13.1 Å². The predicted molar refractivity (Wildman–Crippen MR) is 65.3 cm³/mol. The third kappa shape index (κ3) is 3.06. The number of imidazole rings is 1. The molecule has 0 spiro atoms. The van der Waals surface area contributed by atoms with Gasteiger partial charge in [-0.25, -0.2) is 4.98 Å². The largest absolute Gasteiger partial charge is 0.332 e. The van der Waals surface area contributed by atoms with Crippen LogP contribution in [0.4, 0.5) is 0 Å². The number of rotatable bonds is 6. The Labute approximate surface area is 97.7 Å². The molecule has 0 aliphatic carbocycles. The van der Waals surface area contributed by atoms with Crippen LogP contribution in [0.15, 0.2) is 12.5 Å². The van der Waals surface area contributed by atoms with Crippen molar-refractivity contribution in [3.05, 3.63) is 18.2 Å². The molecule has 2 rings (SSSR count). The molecule has 0 atom stereocenters. The third-order valence-corrected chi connectivity index (χ3v) is 3.21. The summed E-state index contributed by atoms with van der Waals surface area (Å²) in [6.07, 6.45) is 6.65. The molecule has 1 aliphatic heterocycles. The van der Waals surface area contributed by atoms with E-state index in [1.165, 1.54) is 31.6 Å². The number of nitrogens with one attached hydrogen (secondary N) is 1. The SMILES string of the molecule is CCNCc1cncn1CCN1CCCC1. The van der Waals surface area contributed by atoms with Gasteiger partial charge >= 0.3 is 0 Å². The van der Waals surface area contributed by atoms with E-state index < -0.39 is 0 Å². The predicted octanol–water partition coefficient (Wildman–Crippen LogP) is 1.09. The van der Waals surface area contributed by atoms with Crippen LogP contribution < -0.4 is 5.32 Å². The van der Waals surface area contributed by atoms with Crippen LogP contribution in [0.5, 0.6) is 0 Å². The highest BCUT2D eigenvalue weighted by molar-refractivity contribution is 4.97. The van der Waals surface area contributed by atoms with Gasteiger partial charge in [0.15, 0.2) is 0 Å². The summed E-state index contributed by atoms with van der Waals surface area (Å²) >= 11 is 0. The maximum Gasteiger partial charge on any atom is 0.0949 e. The standard InChI is InChI=1S/C12H22N4/c1-2-13-9-12-10-14-11-16(12)8-7-15-5-3-4-6-15/h10-11,13H,2-9H2,1H3. The van der Waals surface area contributed by atoms with Crippen molar-refractivity contribution < 1.29 is 0 Å². The molecule has 2 heterocycles. The number of likely N-dealkylation sites (tertiary alicyclic amines) is 1. The average Bonchev–Trinajstić information content (AvgIpc) is 2.94. The van der Waals surface area contributed by atoms with E-state index in [0.717, 1.165) is 26.2 Å². The number of aromatic nitrogens is 2. The van der Waals surface area contributed by atoms with Crippen LogP contribution in [0.2, 0.25) is 0 Å². The topological polar surface area (TPSA) is 33.1 Å². The van der Waals surface area contributed by atoms with E-state index in [1.807, 2.05) is 12.5 Å². The summed E-state index contributed by atoms with van der Waals surface area (Å²) in [5.41, 5.74) is 1.29. The first kappa shape index (κ1) is 11.6. The quantitative estimate of drug-likeness (QED) is 0.782. The van der Waals surface area contributed by atoms with Crippen molar-refractivity contribution in [1.82, 2.24) is 19.8 Å². The molecule has 4 nitrogen and oxygen atoms in total. The van der Waals surface area contributed by atoms with Gasteiger partial charge in [0.25, 0.3) is 0 Å². The Kier molecular flexibility index (Phi) is 4.36. The Balaban J connectivity index is 1.80. The molecule has 1 N–H and O–H groups in total. The van der Waals surface area contributed by atoms with Crippen LogP contribution in [0.25, 0.3) is 0 Å². The Morgan fingerprint density at radius 2 is 2.12 bits per heavy atom. The van der Waals surface area contributed by atoms with Gasteiger partial charge in [-0.1, -0.05) is 6.92 Å². The molecule has 0 bridgehead atoms. The molecule has 1 aliphatic rings. The molecule has 0 radical (unpaired) electrons. The second-order valence-corrected chi connectivity index (χ2v) is 4.41. The Bertz CT molecular complexity index is 302. The van der Waals surface area contributed by atoms with Crippen molar-refractivity contribution in [1.29, 1.82) is 0 Å². The molecule has 4 heteroatoms. The lowest BCUT2D eigenvalue weighted by molar-refractivity contribution is 0.320. The minimum absolute atomic E-state index is 0.927. The third-order valence-electron chi connectivity index (χ3n) is 3.21. The fourth-order valence-electron chi connectivity index (χ4n) is 2.21. The smallest absolute Gasteiger partial charge is 0.0949 e. The summed E-state index contributed by atoms with van der Waals surface area (Å²) in [6.45, 7) is 8.85. The first-order chi connectivity index (χ1) is 7.90. The zero-order valence-corrected chi connectivity index (χ0v) is 10.2. The lowest BCUT2D eigenvalue weighted by atomic mass is 10.4. The van der Waals surface area contributed by atoms with Gasteiger partial charge in [-0.05, 0) is 32.5 Å². The van der Waals surface area contributed by atoms with Crippen LogP contribution in [0.1, 0.15) is 25.5 Å². The summed E-state index contributed by atoms with van der Waals surface area (Å²) in [5, 5.41) is 3.34. The van der Waals surface area contributed by atoms with E-state index in [1.54, 1.807) is 0 Å². The maximum atomic E-state index is 4.22. The van der Waals surface area contributed by atoms with E-state index >= 15 is 0 Å². The molecule has 1 aromatic rings. The van der Waals surface area contributed by atoms with E-state index in [0.29, 0.717) is 0 Å². The Hall–Kier alpha value is -0.870. The fourth-order valence-corrected chi connectivity index (χ4v) is 2.21. The molecule has 1 aromatic heterocycles. The highest BCUT2D eigenvalue weighted by atomic mass is 15.2. The van der Waals surface area contributed by atoms with Crippen molar-refractivity contribution in [3.8, 4) is 0 Å². The second kappa shape index (κ2) is 6.01. The van der Waals surface area contributed by atoms with Gasteiger partial charge < -0.3 is 14.8 Å². The normalized spacial score (nSPS) is 17.1. The lowest BCUT2D eigenvalue weighted by Gasteiger charge is -2.16. The van der Waals surface area contributed by atoms with Crippen molar-refractivity contribution in [2.45, 2.75) is 32.9 Å². The van der Waals surface area contributed by atoms with Crippen molar-refractivity contribution >= 4 is 0 Å². The monoisotopic (exact) mass is 222 g/mol. The first-order valence-electron chi connectivity index (χ1n) is 6.32. The molecule has 0 amide bonds. The summed E-state index contributed by atoms with van der Waals surface area (Å²) in [6, 6.07) is 0. The summed E-state index contributed by atoms with van der Waals surface area (Å²) in [7, 11) is 0.